The fourth-order valence-electron chi connectivity index (χ4n) is 5.14. The Morgan fingerprint density at radius 1 is 1.16 bits per heavy atom. The van der Waals surface area contributed by atoms with Crippen LogP contribution in [0.15, 0.2) is 54.6 Å². The molecule has 2 amide bonds. The topological polar surface area (TPSA) is 103 Å². The highest BCUT2D eigenvalue weighted by Crippen LogP contribution is 2.51. The summed E-state index contributed by atoms with van der Waals surface area (Å²) in [7, 11) is 0. The SMILES string of the molecule is CCN1C(=O)[C@@H](NC(=O)c2cccc(C(F)(F)F)c2)[C@@H](C2CC2)c2c(CNC#N)nn(-c3ccccc3)c21. The van der Waals surface area contributed by atoms with Crippen LogP contribution in [0.25, 0.3) is 5.69 Å². The van der Waals surface area contributed by atoms with Gasteiger partial charge in [0.2, 0.25) is 0 Å². The number of nitrogens with zero attached hydrogens (tertiary/aromatic N) is 4. The summed E-state index contributed by atoms with van der Waals surface area (Å²) in [6, 6.07) is 12.5. The molecule has 1 aromatic heterocycles. The lowest BCUT2D eigenvalue weighted by Gasteiger charge is -2.38. The summed E-state index contributed by atoms with van der Waals surface area (Å²) >= 11 is 0. The lowest BCUT2D eigenvalue weighted by molar-refractivity contribution is -0.137. The van der Waals surface area contributed by atoms with Crippen LogP contribution in [0.3, 0.4) is 0 Å². The number of benzene rings is 2. The molecule has 5 rings (SSSR count). The largest absolute Gasteiger partial charge is 0.416 e. The summed E-state index contributed by atoms with van der Waals surface area (Å²) in [5.41, 5.74) is 0.952. The predicted octanol–water partition coefficient (Wildman–Crippen LogP) is 4.12. The van der Waals surface area contributed by atoms with E-state index in [0.717, 1.165) is 36.2 Å². The van der Waals surface area contributed by atoms with Gasteiger partial charge in [-0.2, -0.15) is 23.5 Å². The van der Waals surface area contributed by atoms with E-state index in [1.165, 1.54) is 12.1 Å². The summed E-state index contributed by atoms with van der Waals surface area (Å²) in [6.07, 6.45) is -1.03. The maximum Gasteiger partial charge on any atom is 0.416 e. The molecule has 1 fully saturated rings. The Labute approximate surface area is 217 Å². The fraction of sp³-hybridized carbons (Fsp3) is 0.333. The van der Waals surface area contributed by atoms with Crippen molar-refractivity contribution in [2.24, 2.45) is 5.92 Å². The van der Waals surface area contributed by atoms with Crippen molar-refractivity contribution in [2.75, 3.05) is 11.4 Å². The molecule has 2 heterocycles. The van der Waals surface area contributed by atoms with E-state index < -0.39 is 29.6 Å². The van der Waals surface area contributed by atoms with Crippen molar-refractivity contribution in [1.29, 1.82) is 5.26 Å². The quantitative estimate of drug-likeness (QED) is 0.359. The number of carbonyl (C=O) groups is 2. The van der Waals surface area contributed by atoms with Gasteiger partial charge in [-0.25, -0.2) is 4.68 Å². The molecule has 0 saturated heterocycles. The van der Waals surface area contributed by atoms with E-state index in [-0.39, 0.29) is 30.5 Å². The number of halogens is 3. The Bertz CT molecular complexity index is 1410. The van der Waals surface area contributed by atoms with Crippen LogP contribution in [-0.4, -0.2) is 34.2 Å². The first kappa shape index (κ1) is 25.3. The normalized spacial score (nSPS) is 19.0. The van der Waals surface area contributed by atoms with Gasteiger partial charge in [0.25, 0.3) is 11.8 Å². The van der Waals surface area contributed by atoms with Crippen molar-refractivity contribution >= 4 is 17.6 Å². The van der Waals surface area contributed by atoms with Gasteiger partial charge in [-0.05, 0) is 56.0 Å². The van der Waals surface area contributed by atoms with E-state index in [1.807, 2.05) is 36.5 Å². The van der Waals surface area contributed by atoms with Crippen LogP contribution in [0.4, 0.5) is 19.0 Å². The smallest absolute Gasteiger partial charge is 0.340 e. The second-order valence-electron chi connectivity index (χ2n) is 9.37. The van der Waals surface area contributed by atoms with E-state index in [1.54, 1.807) is 16.5 Å². The monoisotopic (exact) mass is 522 g/mol. The first-order valence-electron chi connectivity index (χ1n) is 12.3. The minimum Gasteiger partial charge on any atom is -0.340 e. The van der Waals surface area contributed by atoms with E-state index >= 15 is 0 Å². The van der Waals surface area contributed by atoms with Gasteiger partial charge in [-0.3, -0.25) is 14.5 Å². The molecule has 2 aromatic carbocycles. The lowest BCUT2D eigenvalue weighted by atomic mass is 9.82. The number of hydrogen-bond acceptors (Lipinski definition) is 5. The molecule has 0 bridgehead atoms. The summed E-state index contributed by atoms with van der Waals surface area (Å²) in [5.74, 6) is -0.887. The van der Waals surface area contributed by atoms with E-state index in [9.17, 15) is 22.8 Å². The number of nitrogens with one attached hydrogen (secondary N) is 2. The number of aromatic nitrogens is 2. The highest BCUT2D eigenvalue weighted by atomic mass is 19.4. The van der Waals surface area contributed by atoms with Crippen LogP contribution in [0.2, 0.25) is 0 Å². The Morgan fingerprint density at radius 2 is 1.89 bits per heavy atom. The Balaban J connectivity index is 1.59. The maximum absolute atomic E-state index is 13.9. The number of anilines is 1. The third kappa shape index (κ3) is 4.58. The van der Waals surface area contributed by atoms with Gasteiger partial charge >= 0.3 is 6.18 Å². The second-order valence-corrected chi connectivity index (χ2v) is 9.37. The average Bonchev–Trinajstić information content (AvgIpc) is 3.69. The molecule has 38 heavy (non-hydrogen) atoms. The first-order chi connectivity index (χ1) is 18.2. The van der Waals surface area contributed by atoms with E-state index in [4.69, 9.17) is 10.4 Å². The summed E-state index contributed by atoms with van der Waals surface area (Å²) in [6.45, 7) is 2.21. The van der Waals surface area contributed by atoms with Gasteiger partial charge < -0.3 is 10.6 Å². The van der Waals surface area contributed by atoms with Gasteiger partial charge in [-0.1, -0.05) is 24.3 Å². The first-order valence-corrected chi connectivity index (χ1v) is 12.3. The Morgan fingerprint density at radius 3 is 2.53 bits per heavy atom. The number of para-hydroxylation sites is 1. The molecular weight excluding hydrogens is 497 g/mol. The average molecular weight is 523 g/mol. The van der Waals surface area contributed by atoms with Crippen LogP contribution in [-0.2, 0) is 17.5 Å². The molecule has 1 saturated carbocycles. The van der Waals surface area contributed by atoms with Crippen molar-refractivity contribution in [3.05, 3.63) is 77.0 Å². The third-order valence-corrected chi connectivity index (χ3v) is 6.97. The zero-order chi connectivity index (χ0) is 27.0. The number of likely N-dealkylation sites (N-methyl/N-ethyl adjacent to an activating group) is 1. The minimum atomic E-state index is -4.60. The Hall–Kier alpha value is -4.33. The molecule has 11 heteroatoms. The second kappa shape index (κ2) is 9.85. The standard InChI is InChI=1S/C27H25F3N6O2/c1-2-35-25-22(20(14-32-15-31)34-36(25)19-9-4-3-5-10-19)21(16-11-12-16)23(26(35)38)33-24(37)17-7-6-8-18(13-17)27(28,29)30/h3-10,13,16,21,23,32H,2,11-12,14H2,1H3,(H,33,37)/t21-,23-/m0/s1. The molecule has 2 N–H and O–H groups in total. The number of nitriles is 1. The summed E-state index contributed by atoms with van der Waals surface area (Å²) in [4.78, 5) is 28.6. The summed E-state index contributed by atoms with van der Waals surface area (Å²) in [5, 5.41) is 19.3. The molecule has 0 radical (unpaired) electrons. The van der Waals surface area contributed by atoms with Crippen LogP contribution >= 0.6 is 0 Å². The van der Waals surface area contributed by atoms with Crippen molar-refractivity contribution in [3.63, 3.8) is 0 Å². The molecule has 0 unspecified atom stereocenters. The van der Waals surface area contributed by atoms with Crippen LogP contribution < -0.4 is 15.5 Å². The van der Waals surface area contributed by atoms with Crippen molar-refractivity contribution < 1.29 is 22.8 Å². The van der Waals surface area contributed by atoms with Gasteiger partial charge in [0, 0.05) is 23.6 Å². The van der Waals surface area contributed by atoms with Crippen molar-refractivity contribution in [1.82, 2.24) is 20.4 Å². The van der Waals surface area contributed by atoms with Crippen LogP contribution in [0, 0.1) is 17.4 Å². The number of rotatable bonds is 7. The van der Waals surface area contributed by atoms with Crippen LogP contribution in [0.5, 0.6) is 0 Å². The summed E-state index contributed by atoms with van der Waals surface area (Å²) < 4.78 is 41.4. The highest BCUT2D eigenvalue weighted by molar-refractivity contribution is 6.05. The molecule has 2 atom stereocenters. The predicted molar refractivity (Wildman–Crippen MR) is 132 cm³/mol. The lowest BCUT2D eigenvalue weighted by Crippen LogP contribution is -2.55. The Kier molecular flexibility index (Phi) is 6.57. The molecule has 3 aromatic rings. The molecular formula is C27H25F3N6O2. The van der Waals surface area contributed by atoms with E-state index in [2.05, 4.69) is 10.6 Å². The molecule has 0 spiro atoms. The molecule has 1 aliphatic heterocycles. The zero-order valence-corrected chi connectivity index (χ0v) is 20.5. The van der Waals surface area contributed by atoms with Gasteiger partial charge in [0.05, 0.1) is 23.5 Å². The number of carbonyl (C=O) groups excluding carboxylic acids is 2. The zero-order valence-electron chi connectivity index (χ0n) is 20.5. The van der Waals surface area contributed by atoms with E-state index in [0.29, 0.717) is 11.5 Å². The number of amides is 2. The number of hydrogen-bond donors (Lipinski definition) is 2. The van der Waals surface area contributed by atoms with Gasteiger partial charge in [-0.15, -0.1) is 0 Å². The van der Waals surface area contributed by atoms with Crippen LogP contribution in [0.1, 0.15) is 52.9 Å². The van der Waals surface area contributed by atoms with Gasteiger partial charge in [0.15, 0.2) is 6.19 Å². The maximum atomic E-state index is 13.9. The highest BCUT2D eigenvalue weighted by Gasteiger charge is 2.51. The molecule has 8 nitrogen and oxygen atoms in total. The van der Waals surface area contributed by atoms with Crippen molar-refractivity contribution in [3.8, 4) is 11.9 Å². The number of alkyl halides is 3. The fourth-order valence-corrected chi connectivity index (χ4v) is 5.14. The van der Waals surface area contributed by atoms with Crippen molar-refractivity contribution in [2.45, 2.75) is 44.4 Å². The third-order valence-electron chi connectivity index (χ3n) is 6.97. The van der Waals surface area contributed by atoms with Gasteiger partial charge in [0.1, 0.15) is 11.9 Å². The minimum absolute atomic E-state index is 0.0813. The number of fused-ring (bicyclic) bond motifs is 1. The molecule has 2 aliphatic rings. The molecule has 1 aliphatic carbocycles. The molecule has 196 valence electrons.